The van der Waals surface area contributed by atoms with E-state index in [0.29, 0.717) is 0 Å². The van der Waals surface area contributed by atoms with Gasteiger partial charge in [-0.1, -0.05) is 0 Å². The molecule has 92 valence electrons. The van der Waals surface area contributed by atoms with Gasteiger partial charge in [0.1, 0.15) is 0 Å². The van der Waals surface area contributed by atoms with Gasteiger partial charge < -0.3 is 38.2 Å². The van der Waals surface area contributed by atoms with Gasteiger partial charge in [0.05, 0.1) is 0 Å². The topological polar surface area (TPSA) is 161 Å². The average molecular weight is 795 g/mol. The summed E-state index contributed by atoms with van der Waals surface area (Å²) in [5, 5.41) is 0. The minimum atomic E-state index is -5.17. The zero-order valence-corrected chi connectivity index (χ0v) is 38.8. The molecule has 0 saturated carbocycles. The van der Waals surface area contributed by atoms with Crippen molar-refractivity contribution in [2.24, 2.45) is 0 Å². The van der Waals surface area contributed by atoms with E-state index in [1.807, 2.05) is 0 Å². The third-order valence-corrected chi connectivity index (χ3v) is 0. The van der Waals surface area contributed by atoms with Crippen LogP contribution in [0.15, 0.2) is 0 Å². The predicted octanol–water partition coefficient (Wildman–Crippen LogP) is -1.12. The maximum Gasteiger partial charge on any atom is 2.00 e. The van der Waals surface area contributed by atoms with Crippen molar-refractivity contribution >= 4 is 20.8 Å². The van der Waals surface area contributed by atoms with Crippen molar-refractivity contribution < 1.29 is 230 Å². The van der Waals surface area contributed by atoms with Crippen LogP contribution in [0.2, 0.25) is 0 Å². The zero-order valence-electron chi connectivity index (χ0n) is 24.4. The number of hydrogen-bond donors (Lipinski definition) is 0. The molecule has 0 N–H and O–H groups in total. The average Bonchev–Trinajstić information content (AvgIpc) is 1.12. The maximum atomic E-state index is 8.52. The fraction of sp³-hybridized carbons (Fsp3) is 0. The van der Waals surface area contributed by atoms with Gasteiger partial charge >= 0.3 is 175 Å². The molecule has 0 aromatic heterocycles. The second-order valence-electron chi connectivity index (χ2n) is 0.816. The molecule has 0 saturated heterocycles. The fourth-order valence-electron chi connectivity index (χ4n) is 0. The molecule has 0 heterocycles. The molecule has 19 heteroatoms. The minimum Gasteiger partial charge on any atom is -1.00 e. The molecule has 0 atom stereocenters. The Kier molecular flexibility index (Phi) is 152. The van der Waals surface area contributed by atoms with Crippen molar-refractivity contribution in [1.29, 1.82) is 0 Å². The smallest absolute Gasteiger partial charge is 1.00 e. The molecule has 0 aliphatic carbocycles. The van der Waals surface area contributed by atoms with E-state index in [0.717, 1.165) is 0 Å². The largest absolute Gasteiger partial charge is 2.00 e. The molecule has 0 bridgehead atoms. The second-order valence-corrected chi connectivity index (χ2v) is 2.45. The first-order valence-electron chi connectivity index (χ1n) is 1.33. The summed E-state index contributed by atoms with van der Waals surface area (Å²) >= 11 is 0. The summed E-state index contributed by atoms with van der Waals surface area (Å²) in [6, 6.07) is 0. The summed E-state index contributed by atoms with van der Waals surface area (Å²) in [6.07, 6.45) is 0. The van der Waals surface area contributed by atoms with Gasteiger partial charge in [-0.25, -0.2) is 0 Å². The van der Waals surface area contributed by atoms with E-state index in [2.05, 4.69) is 0 Å². The molecule has 0 unspecified atom stereocenters. The van der Waals surface area contributed by atoms with Crippen LogP contribution in [0, 0.1) is 0 Å². The quantitative estimate of drug-likeness (QED) is 0.170. The summed E-state index contributed by atoms with van der Waals surface area (Å²) in [6.45, 7) is 0. The van der Waals surface area contributed by atoms with E-state index in [9.17, 15) is 0 Å². The summed E-state index contributed by atoms with van der Waals surface area (Å²) in [5.41, 5.74) is 0. The molecule has 0 rings (SSSR count). The molecule has 19 heavy (non-hydrogen) atoms. The normalized spacial score (nSPS) is 6.11. The molecule has 0 amide bonds. The molecule has 0 radical (unpaired) electrons. The van der Waals surface area contributed by atoms with E-state index in [1.165, 1.54) is 0 Å². The van der Waals surface area contributed by atoms with Crippen molar-refractivity contribution in [3.8, 4) is 0 Å². The zero-order chi connectivity index (χ0) is 9.00. The minimum absolute atomic E-state index is 0. The van der Waals surface area contributed by atoms with Crippen LogP contribution in [0.25, 0.3) is 0 Å². The van der Waals surface area contributed by atoms with Crippen LogP contribution in [0.1, 0.15) is 20.0 Å². The van der Waals surface area contributed by atoms with Crippen LogP contribution in [-0.2, 0) is 196 Å². The van der Waals surface area contributed by atoms with E-state index in [1.54, 1.807) is 0 Å². The van der Waals surface area contributed by atoms with Crippen LogP contribution < -0.4 is 0 Å². The molecule has 8 nitrogen and oxygen atoms in total. The van der Waals surface area contributed by atoms with Crippen molar-refractivity contribution in [3.63, 3.8) is 0 Å². The number of hydrogen-bond acceptors (Lipinski definition) is 8. The van der Waals surface area contributed by atoms with Crippen LogP contribution in [0.4, 0.5) is 0 Å². The van der Waals surface area contributed by atoms with Crippen molar-refractivity contribution in [1.82, 2.24) is 0 Å². The van der Waals surface area contributed by atoms with Crippen LogP contribution in [-0.4, -0.2) is 35.0 Å². The Morgan fingerprint density at radius 3 is 0.421 bits per heavy atom. The van der Waals surface area contributed by atoms with E-state index in [-0.39, 0.29) is 195 Å². The molecular formula is H14O8S2Zn9. The Balaban J connectivity index is -0.000000000994. The standard InChI is InChI=1S/2H2O4S.9Zn.14H/c2*1-5(2,3)4;;;;;;;;;;;;;;;;;;;;;;;/h2*(H2,1,2,3,4);;;;;;;;;;;;;;;;;;;;;;;/q;;9*+2;14*-1/p-4. The first-order chi connectivity index (χ1) is 4.00. The van der Waals surface area contributed by atoms with Crippen molar-refractivity contribution in [2.75, 3.05) is 0 Å². The maximum absolute atomic E-state index is 8.52. The summed E-state index contributed by atoms with van der Waals surface area (Å²) < 4.78 is 68.2. The third-order valence-electron chi connectivity index (χ3n) is 0. The van der Waals surface area contributed by atoms with Gasteiger partial charge in [-0.05, 0) is 0 Å². The second kappa shape index (κ2) is 38.7. The van der Waals surface area contributed by atoms with E-state index in [4.69, 9.17) is 35.0 Å². The predicted molar refractivity (Wildman–Crippen MR) is 36.5 cm³/mol. The van der Waals surface area contributed by atoms with Crippen LogP contribution in [0.5, 0.6) is 0 Å². The molecular weight excluding hydrogens is 781 g/mol. The van der Waals surface area contributed by atoms with Gasteiger partial charge in [-0.3, -0.25) is 16.8 Å². The third kappa shape index (κ3) is 372. The Morgan fingerprint density at radius 1 is 0.421 bits per heavy atom. The van der Waals surface area contributed by atoms with Gasteiger partial charge in [0.2, 0.25) is 0 Å². The Bertz CT molecular complexity index is 255. The van der Waals surface area contributed by atoms with Crippen molar-refractivity contribution in [2.45, 2.75) is 0 Å². The molecule has 0 fully saturated rings. The first kappa shape index (κ1) is 74.5. The van der Waals surface area contributed by atoms with Crippen molar-refractivity contribution in [3.05, 3.63) is 0 Å². The Labute approximate surface area is 247 Å². The van der Waals surface area contributed by atoms with E-state index >= 15 is 0 Å². The van der Waals surface area contributed by atoms with Gasteiger partial charge in [-0.2, -0.15) is 0 Å². The molecule has 0 spiro atoms. The first-order valence-corrected chi connectivity index (χ1v) is 4.00. The monoisotopic (exact) mass is 781 g/mol. The number of rotatable bonds is 0. The van der Waals surface area contributed by atoms with Crippen LogP contribution >= 0.6 is 0 Å². The summed E-state index contributed by atoms with van der Waals surface area (Å²) in [7, 11) is -10.3. The Morgan fingerprint density at radius 2 is 0.421 bits per heavy atom. The molecule has 0 aromatic rings. The van der Waals surface area contributed by atoms with Gasteiger partial charge in [0, 0.05) is 20.8 Å². The van der Waals surface area contributed by atoms with Gasteiger partial charge in [-0.15, -0.1) is 0 Å². The molecule has 0 aliphatic heterocycles. The fourth-order valence-corrected chi connectivity index (χ4v) is 0. The summed E-state index contributed by atoms with van der Waals surface area (Å²) in [5.74, 6) is 0. The van der Waals surface area contributed by atoms with Crippen LogP contribution in [0.3, 0.4) is 0 Å². The summed E-state index contributed by atoms with van der Waals surface area (Å²) in [4.78, 5) is 0. The SMILES string of the molecule is O=S(=O)([O-])[O-].O=S(=O)([O-])[O-].[H-].[H-].[H-].[H-].[H-].[H-].[H-].[H-].[H-].[H-].[H-].[H-].[H-].[H-].[Zn+2].[Zn+2].[Zn+2].[Zn+2].[Zn+2].[Zn+2].[Zn+2].[Zn+2].[Zn+2]. The Hall–Kier alpha value is 5.35. The molecule has 0 aliphatic rings. The molecule has 0 aromatic carbocycles. The van der Waals surface area contributed by atoms with E-state index < -0.39 is 20.8 Å². The van der Waals surface area contributed by atoms with Gasteiger partial charge in [0.15, 0.2) is 0 Å². The van der Waals surface area contributed by atoms with Gasteiger partial charge in [0.25, 0.3) is 0 Å².